The molecule has 0 aliphatic rings. The van der Waals surface area contributed by atoms with Gasteiger partial charge in [0.2, 0.25) is 10.0 Å². The molecule has 152 valence electrons. The standard InChI is InChI=1S/C21H28N2O4S/c1-4-14-22-28(25,26)20-15-18(12-13-19(20)27-3)21(24)23-16(2)10-11-17-8-6-5-7-9-17/h5-9,12-13,15-16,22H,4,10-11,14H2,1-3H3,(H,23,24). The fourth-order valence-corrected chi connectivity index (χ4v) is 4.08. The van der Waals surface area contributed by atoms with Gasteiger partial charge < -0.3 is 10.1 Å². The number of carbonyl (C=O) groups is 1. The highest BCUT2D eigenvalue weighted by molar-refractivity contribution is 7.89. The molecule has 2 aromatic carbocycles. The summed E-state index contributed by atoms with van der Waals surface area (Å²) in [6.07, 6.45) is 2.31. The molecule has 6 nitrogen and oxygen atoms in total. The first-order valence-electron chi connectivity index (χ1n) is 9.40. The molecule has 7 heteroatoms. The summed E-state index contributed by atoms with van der Waals surface area (Å²) in [5.74, 6) is -0.104. The summed E-state index contributed by atoms with van der Waals surface area (Å²) in [6, 6.07) is 14.4. The van der Waals surface area contributed by atoms with E-state index < -0.39 is 10.0 Å². The van der Waals surface area contributed by atoms with Crippen molar-refractivity contribution in [2.75, 3.05) is 13.7 Å². The van der Waals surface area contributed by atoms with Crippen molar-refractivity contribution < 1.29 is 17.9 Å². The predicted molar refractivity (Wildman–Crippen MR) is 110 cm³/mol. The van der Waals surface area contributed by atoms with Crippen LogP contribution in [0.2, 0.25) is 0 Å². The van der Waals surface area contributed by atoms with Gasteiger partial charge in [0.1, 0.15) is 10.6 Å². The summed E-state index contributed by atoms with van der Waals surface area (Å²) in [5.41, 5.74) is 1.49. The topological polar surface area (TPSA) is 84.5 Å². The largest absolute Gasteiger partial charge is 0.495 e. The molecule has 0 aliphatic carbocycles. The lowest BCUT2D eigenvalue weighted by Gasteiger charge is -2.15. The molecule has 2 aromatic rings. The molecule has 0 heterocycles. The van der Waals surface area contributed by atoms with Crippen LogP contribution in [0, 0.1) is 0 Å². The van der Waals surface area contributed by atoms with Gasteiger partial charge in [-0.2, -0.15) is 0 Å². The van der Waals surface area contributed by atoms with Crippen LogP contribution in [-0.2, 0) is 16.4 Å². The molecule has 2 rings (SSSR count). The normalized spacial score (nSPS) is 12.4. The summed E-state index contributed by atoms with van der Waals surface area (Å²) in [6.45, 7) is 4.13. The van der Waals surface area contributed by atoms with Gasteiger partial charge in [0.05, 0.1) is 7.11 Å². The zero-order valence-corrected chi connectivity index (χ0v) is 17.4. The zero-order valence-electron chi connectivity index (χ0n) is 16.6. The maximum absolute atomic E-state index is 12.6. The minimum Gasteiger partial charge on any atom is -0.495 e. The van der Waals surface area contributed by atoms with Gasteiger partial charge in [-0.25, -0.2) is 13.1 Å². The SMILES string of the molecule is CCCNS(=O)(=O)c1cc(C(=O)NC(C)CCc2ccccc2)ccc1OC. The van der Waals surface area contributed by atoms with Crippen molar-refractivity contribution in [3.8, 4) is 5.75 Å². The van der Waals surface area contributed by atoms with E-state index in [1.165, 1.54) is 24.8 Å². The number of carbonyl (C=O) groups excluding carboxylic acids is 1. The Bertz CT molecular complexity index is 883. The Hall–Kier alpha value is -2.38. The van der Waals surface area contributed by atoms with Gasteiger partial charge in [0.15, 0.2) is 0 Å². The quantitative estimate of drug-likeness (QED) is 0.637. The molecule has 1 unspecified atom stereocenters. The van der Waals surface area contributed by atoms with Crippen LogP contribution in [0.15, 0.2) is 53.4 Å². The van der Waals surface area contributed by atoms with Crippen molar-refractivity contribution in [3.63, 3.8) is 0 Å². The third-order valence-corrected chi connectivity index (χ3v) is 5.83. The van der Waals surface area contributed by atoms with E-state index >= 15 is 0 Å². The molecule has 0 radical (unpaired) electrons. The van der Waals surface area contributed by atoms with Crippen LogP contribution < -0.4 is 14.8 Å². The summed E-state index contributed by atoms with van der Waals surface area (Å²) >= 11 is 0. The summed E-state index contributed by atoms with van der Waals surface area (Å²) in [5, 5.41) is 2.93. The molecule has 0 fully saturated rings. The number of rotatable bonds is 10. The van der Waals surface area contributed by atoms with Crippen LogP contribution in [-0.4, -0.2) is 34.0 Å². The van der Waals surface area contributed by atoms with Gasteiger partial charge in [-0.05, 0) is 49.9 Å². The Balaban J connectivity index is 2.09. The highest BCUT2D eigenvalue weighted by Crippen LogP contribution is 2.25. The van der Waals surface area contributed by atoms with Crippen LogP contribution in [0.5, 0.6) is 5.75 Å². The first-order chi connectivity index (χ1) is 13.4. The van der Waals surface area contributed by atoms with E-state index in [9.17, 15) is 13.2 Å². The van der Waals surface area contributed by atoms with Gasteiger partial charge in [-0.3, -0.25) is 4.79 Å². The lowest BCUT2D eigenvalue weighted by molar-refractivity contribution is 0.0938. The number of benzene rings is 2. The number of aryl methyl sites for hydroxylation is 1. The number of hydrogen-bond donors (Lipinski definition) is 2. The van der Waals surface area contributed by atoms with Crippen LogP contribution in [0.1, 0.15) is 42.6 Å². The highest BCUT2D eigenvalue weighted by atomic mass is 32.2. The Morgan fingerprint density at radius 3 is 2.50 bits per heavy atom. The van der Waals surface area contributed by atoms with Gasteiger partial charge >= 0.3 is 0 Å². The van der Waals surface area contributed by atoms with Crippen molar-refractivity contribution in [2.24, 2.45) is 0 Å². The van der Waals surface area contributed by atoms with Gasteiger partial charge in [-0.1, -0.05) is 37.3 Å². The fraction of sp³-hybridized carbons (Fsp3) is 0.381. The van der Waals surface area contributed by atoms with Crippen molar-refractivity contribution in [1.29, 1.82) is 0 Å². The molecule has 1 amide bonds. The van der Waals surface area contributed by atoms with Crippen LogP contribution in [0.3, 0.4) is 0 Å². The second-order valence-electron chi connectivity index (χ2n) is 6.66. The summed E-state index contributed by atoms with van der Waals surface area (Å²) in [4.78, 5) is 12.6. The molecule has 0 spiro atoms. The number of ether oxygens (including phenoxy) is 1. The highest BCUT2D eigenvalue weighted by Gasteiger charge is 2.21. The Morgan fingerprint density at radius 1 is 1.14 bits per heavy atom. The molecule has 2 N–H and O–H groups in total. The third kappa shape index (κ3) is 6.07. The minimum absolute atomic E-state index is 0.0342. The average molecular weight is 405 g/mol. The maximum atomic E-state index is 12.6. The van der Waals surface area contributed by atoms with E-state index in [0.29, 0.717) is 13.0 Å². The zero-order chi connectivity index (χ0) is 20.6. The van der Waals surface area contributed by atoms with Gasteiger partial charge in [0, 0.05) is 18.2 Å². The molecule has 0 saturated carbocycles. The van der Waals surface area contributed by atoms with Crippen molar-refractivity contribution in [2.45, 2.75) is 44.0 Å². The van der Waals surface area contributed by atoms with Gasteiger partial charge in [-0.15, -0.1) is 0 Å². The Kier molecular flexibility index (Phi) is 8.02. The molecule has 1 atom stereocenters. The molecule has 0 aromatic heterocycles. The number of methoxy groups -OCH3 is 1. The van der Waals surface area contributed by atoms with Gasteiger partial charge in [0.25, 0.3) is 5.91 Å². The number of nitrogens with one attached hydrogen (secondary N) is 2. The van der Waals surface area contributed by atoms with E-state index in [4.69, 9.17) is 4.74 Å². The molecule has 0 aliphatic heterocycles. The Labute approximate surface area is 167 Å². The molecular formula is C21H28N2O4S. The Morgan fingerprint density at radius 2 is 1.86 bits per heavy atom. The minimum atomic E-state index is -3.75. The second-order valence-corrected chi connectivity index (χ2v) is 8.40. The van der Waals surface area contributed by atoms with Crippen molar-refractivity contribution in [3.05, 3.63) is 59.7 Å². The maximum Gasteiger partial charge on any atom is 0.251 e. The van der Waals surface area contributed by atoms with Crippen LogP contribution in [0.4, 0.5) is 0 Å². The van der Waals surface area contributed by atoms with E-state index in [0.717, 1.165) is 12.8 Å². The second kappa shape index (κ2) is 10.2. The fourth-order valence-electron chi connectivity index (χ4n) is 2.75. The number of sulfonamides is 1. The third-order valence-electron chi connectivity index (χ3n) is 4.34. The van der Waals surface area contributed by atoms with Crippen LogP contribution in [0.25, 0.3) is 0 Å². The van der Waals surface area contributed by atoms with E-state index in [1.807, 2.05) is 32.0 Å². The average Bonchev–Trinajstić information content (AvgIpc) is 2.71. The van der Waals surface area contributed by atoms with Crippen molar-refractivity contribution in [1.82, 2.24) is 10.0 Å². The summed E-state index contributed by atoms with van der Waals surface area (Å²) in [7, 11) is -2.35. The lowest BCUT2D eigenvalue weighted by Crippen LogP contribution is -2.33. The van der Waals surface area contributed by atoms with Crippen LogP contribution >= 0.6 is 0 Å². The first-order valence-corrected chi connectivity index (χ1v) is 10.9. The smallest absolute Gasteiger partial charge is 0.251 e. The molecule has 28 heavy (non-hydrogen) atoms. The number of hydrogen-bond acceptors (Lipinski definition) is 4. The van der Waals surface area contributed by atoms with E-state index in [-0.39, 0.29) is 28.2 Å². The molecule has 0 bridgehead atoms. The first kappa shape index (κ1) is 21.9. The van der Waals surface area contributed by atoms with Crippen molar-refractivity contribution >= 4 is 15.9 Å². The van der Waals surface area contributed by atoms with E-state index in [1.54, 1.807) is 6.07 Å². The predicted octanol–water partition coefficient (Wildman–Crippen LogP) is 3.13. The number of amides is 1. The monoisotopic (exact) mass is 404 g/mol. The molecule has 0 saturated heterocycles. The molecular weight excluding hydrogens is 376 g/mol. The lowest BCUT2D eigenvalue weighted by atomic mass is 10.1. The van der Waals surface area contributed by atoms with E-state index in [2.05, 4.69) is 22.2 Å². The summed E-state index contributed by atoms with van der Waals surface area (Å²) < 4.78 is 32.7.